The maximum Gasteiger partial charge on any atom is 0.310 e. The van der Waals surface area contributed by atoms with Crippen molar-refractivity contribution >= 4 is 57.6 Å². The summed E-state index contributed by atoms with van der Waals surface area (Å²) in [7, 11) is 0. The van der Waals surface area contributed by atoms with Crippen LogP contribution in [0.25, 0.3) is 11.6 Å². The van der Waals surface area contributed by atoms with Gasteiger partial charge in [0.2, 0.25) is 5.88 Å². The standard InChI is InChI=1S/C20H14Cl2N2O2S/c1-11-13(12-5-2-3-8-17(12)23-11)9-18-19(25)24(20(26)27-18)10-14-15(21)6-4-7-16(14)22/h2-9,25H,10H2,1H3. The van der Waals surface area contributed by atoms with E-state index in [1.165, 1.54) is 4.57 Å². The van der Waals surface area contributed by atoms with Crippen molar-refractivity contribution in [1.29, 1.82) is 0 Å². The molecule has 1 aliphatic rings. The van der Waals surface area contributed by atoms with Gasteiger partial charge in [-0.1, -0.05) is 58.8 Å². The summed E-state index contributed by atoms with van der Waals surface area (Å²) in [5.74, 6) is -0.106. The first kappa shape index (κ1) is 18.0. The van der Waals surface area contributed by atoms with Crippen LogP contribution in [0.2, 0.25) is 10.0 Å². The van der Waals surface area contributed by atoms with Gasteiger partial charge in [-0.25, -0.2) is 0 Å². The van der Waals surface area contributed by atoms with Gasteiger partial charge in [0.05, 0.1) is 17.1 Å². The Morgan fingerprint density at radius 3 is 2.59 bits per heavy atom. The summed E-state index contributed by atoms with van der Waals surface area (Å²) in [5.41, 5.74) is 4.20. The fourth-order valence-electron chi connectivity index (χ4n) is 3.04. The largest absolute Gasteiger partial charge is 0.493 e. The maximum absolute atomic E-state index is 12.5. The third kappa shape index (κ3) is 3.23. The van der Waals surface area contributed by atoms with E-state index in [4.69, 9.17) is 23.2 Å². The van der Waals surface area contributed by atoms with Crippen LogP contribution in [-0.2, 0) is 6.54 Å². The number of aromatic hydroxyl groups is 1. The molecule has 0 saturated heterocycles. The van der Waals surface area contributed by atoms with Crippen LogP contribution in [0.1, 0.15) is 22.9 Å². The predicted molar refractivity (Wildman–Crippen MR) is 113 cm³/mol. The monoisotopic (exact) mass is 416 g/mol. The predicted octanol–water partition coefficient (Wildman–Crippen LogP) is 5.62. The summed E-state index contributed by atoms with van der Waals surface area (Å²) in [5, 5.41) is 11.6. The van der Waals surface area contributed by atoms with Crippen LogP contribution >= 0.6 is 34.5 Å². The van der Waals surface area contributed by atoms with Gasteiger partial charge in [0.15, 0.2) is 0 Å². The fraction of sp³-hybridized carbons (Fsp3) is 0.100. The smallest absolute Gasteiger partial charge is 0.310 e. The zero-order valence-corrected chi connectivity index (χ0v) is 16.6. The number of para-hydroxylation sites is 1. The van der Waals surface area contributed by atoms with E-state index in [-0.39, 0.29) is 17.3 Å². The van der Waals surface area contributed by atoms with E-state index < -0.39 is 0 Å². The Morgan fingerprint density at radius 2 is 1.85 bits per heavy atom. The molecule has 0 radical (unpaired) electrons. The molecule has 0 spiro atoms. The van der Waals surface area contributed by atoms with Crippen molar-refractivity contribution < 1.29 is 5.11 Å². The first-order valence-corrected chi connectivity index (χ1v) is 9.75. The molecule has 0 fully saturated rings. The van der Waals surface area contributed by atoms with E-state index in [1.807, 2.05) is 31.2 Å². The molecular weight excluding hydrogens is 403 g/mol. The van der Waals surface area contributed by atoms with Crippen molar-refractivity contribution in [2.75, 3.05) is 0 Å². The van der Waals surface area contributed by atoms with Crippen LogP contribution in [-0.4, -0.2) is 15.4 Å². The first-order chi connectivity index (χ1) is 13.0. The van der Waals surface area contributed by atoms with Crippen molar-refractivity contribution in [2.24, 2.45) is 4.99 Å². The number of hydrogen-bond acceptors (Lipinski definition) is 4. The van der Waals surface area contributed by atoms with Crippen LogP contribution in [0.5, 0.6) is 5.88 Å². The molecule has 1 N–H and O–H groups in total. The summed E-state index contributed by atoms with van der Waals surface area (Å²) in [6.07, 6.45) is 1.80. The molecule has 0 amide bonds. The second kappa shape index (κ2) is 7.00. The van der Waals surface area contributed by atoms with Gasteiger partial charge < -0.3 is 5.11 Å². The van der Waals surface area contributed by atoms with Crippen LogP contribution in [0.15, 0.2) is 52.3 Å². The van der Waals surface area contributed by atoms with Crippen molar-refractivity contribution in [3.8, 4) is 5.88 Å². The van der Waals surface area contributed by atoms with Gasteiger partial charge in [-0.05, 0) is 31.2 Å². The van der Waals surface area contributed by atoms with Gasteiger partial charge >= 0.3 is 4.87 Å². The van der Waals surface area contributed by atoms with Crippen LogP contribution < -0.4 is 4.87 Å². The van der Waals surface area contributed by atoms with E-state index in [2.05, 4.69) is 4.99 Å². The molecule has 7 heteroatoms. The number of halogens is 2. The number of thiazole rings is 1. The molecule has 136 valence electrons. The lowest BCUT2D eigenvalue weighted by atomic mass is 10.0. The van der Waals surface area contributed by atoms with E-state index in [0.29, 0.717) is 20.5 Å². The summed E-state index contributed by atoms with van der Waals surface area (Å²) in [6, 6.07) is 12.9. The first-order valence-electron chi connectivity index (χ1n) is 8.18. The SMILES string of the molecule is CC1=Nc2ccccc2C1=Cc1sc(=O)n(Cc2c(Cl)cccc2Cl)c1O. The summed E-state index contributed by atoms with van der Waals surface area (Å²) in [4.78, 5) is 17.2. The average Bonchev–Trinajstić information content (AvgIpc) is 3.09. The number of aliphatic imine (C=N–C) groups is 1. The lowest BCUT2D eigenvalue weighted by Crippen LogP contribution is -2.13. The van der Waals surface area contributed by atoms with E-state index in [9.17, 15) is 9.90 Å². The molecule has 2 heterocycles. The summed E-state index contributed by atoms with van der Waals surface area (Å²) >= 11 is 13.4. The Morgan fingerprint density at radius 1 is 1.15 bits per heavy atom. The molecular formula is C20H14Cl2N2O2S. The molecule has 4 rings (SSSR count). The van der Waals surface area contributed by atoms with Crippen LogP contribution in [0, 0.1) is 0 Å². The van der Waals surface area contributed by atoms with E-state index in [0.717, 1.165) is 33.9 Å². The lowest BCUT2D eigenvalue weighted by Gasteiger charge is -2.08. The highest BCUT2D eigenvalue weighted by Gasteiger charge is 2.20. The molecule has 0 saturated carbocycles. The number of allylic oxidation sites excluding steroid dienone is 1. The molecule has 4 nitrogen and oxygen atoms in total. The number of hydrogen-bond donors (Lipinski definition) is 1. The second-order valence-electron chi connectivity index (χ2n) is 6.11. The van der Waals surface area contributed by atoms with Gasteiger partial charge in [0, 0.05) is 32.5 Å². The van der Waals surface area contributed by atoms with Crippen LogP contribution in [0.3, 0.4) is 0 Å². The van der Waals surface area contributed by atoms with Crippen molar-refractivity contribution in [3.05, 3.63) is 78.2 Å². The Hall–Kier alpha value is -2.34. The van der Waals surface area contributed by atoms with Crippen molar-refractivity contribution in [1.82, 2.24) is 4.57 Å². The normalized spacial score (nSPS) is 14.5. The number of benzene rings is 2. The highest BCUT2D eigenvalue weighted by molar-refractivity contribution is 7.10. The molecule has 0 atom stereocenters. The number of fused-ring (bicyclic) bond motifs is 1. The minimum atomic E-state index is -0.281. The van der Waals surface area contributed by atoms with Crippen molar-refractivity contribution in [3.63, 3.8) is 0 Å². The highest BCUT2D eigenvalue weighted by Crippen LogP contribution is 2.37. The third-order valence-electron chi connectivity index (χ3n) is 4.42. The zero-order chi connectivity index (χ0) is 19.1. The Bertz CT molecular complexity index is 1150. The molecule has 3 aromatic rings. The topological polar surface area (TPSA) is 54.6 Å². The quantitative estimate of drug-likeness (QED) is 0.602. The molecule has 0 aliphatic carbocycles. The summed E-state index contributed by atoms with van der Waals surface area (Å²) in [6.45, 7) is 2.01. The third-order valence-corrected chi connectivity index (χ3v) is 6.04. The van der Waals surface area contributed by atoms with Gasteiger partial charge in [-0.15, -0.1) is 0 Å². The lowest BCUT2D eigenvalue weighted by molar-refractivity contribution is 0.420. The van der Waals surface area contributed by atoms with Crippen molar-refractivity contribution in [2.45, 2.75) is 13.5 Å². The number of aromatic nitrogens is 1. The Kier molecular flexibility index (Phi) is 4.68. The average molecular weight is 417 g/mol. The number of nitrogens with zero attached hydrogens (tertiary/aromatic N) is 2. The molecule has 2 aromatic carbocycles. The Labute approximate surface area is 169 Å². The van der Waals surface area contributed by atoms with Gasteiger partial charge in [-0.2, -0.15) is 0 Å². The second-order valence-corrected chi connectivity index (χ2v) is 7.92. The highest BCUT2D eigenvalue weighted by atomic mass is 35.5. The fourth-order valence-corrected chi connectivity index (χ4v) is 4.38. The zero-order valence-electron chi connectivity index (χ0n) is 14.2. The molecule has 0 unspecified atom stereocenters. The van der Waals surface area contributed by atoms with E-state index >= 15 is 0 Å². The number of rotatable bonds is 3. The van der Waals surface area contributed by atoms with Crippen LogP contribution in [0.4, 0.5) is 5.69 Å². The van der Waals surface area contributed by atoms with Gasteiger partial charge in [0.25, 0.3) is 0 Å². The minimum Gasteiger partial charge on any atom is -0.493 e. The molecule has 1 aromatic heterocycles. The maximum atomic E-state index is 12.5. The minimum absolute atomic E-state index is 0.104. The summed E-state index contributed by atoms with van der Waals surface area (Å²) < 4.78 is 1.28. The Balaban J connectivity index is 1.77. The molecule has 1 aliphatic heterocycles. The van der Waals surface area contributed by atoms with Gasteiger partial charge in [-0.3, -0.25) is 14.4 Å². The molecule has 0 bridgehead atoms. The van der Waals surface area contributed by atoms with Gasteiger partial charge in [0.1, 0.15) is 0 Å². The van der Waals surface area contributed by atoms with E-state index in [1.54, 1.807) is 24.3 Å². The molecule has 27 heavy (non-hydrogen) atoms.